The van der Waals surface area contributed by atoms with Gasteiger partial charge in [-0.15, -0.1) is 0 Å². The van der Waals surface area contributed by atoms with E-state index in [1.165, 1.54) is 29.8 Å². The van der Waals surface area contributed by atoms with Gasteiger partial charge in [-0.2, -0.15) is 4.57 Å². The highest BCUT2D eigenvalue weighted by molar-refractivity contribution is 5.62. The molecule has 0 saturated carbocycles. The molecular weight excluding hydrogens is 206 g/mol. The molecule has 0 spiro atoms. The number of rotatable bonds is 1. The summed E-state index contributed by atoms with van der Waals surface area (Å²) >= 11 is 0. The summed E-state index contributed by atoms with van der Waals surface area (Å²) in [5.41, 5.74) is 1.42. The molecule has 0 bridgehead atoms. The average Bonchev–Trinajstić information content (AvgIpc) is 2.44. The number of aromatic nitrogens is 1. The summed E-state index contributed by atoms with van der Waals surface area (Å²) in [4.78, 5) is 0. The number of aryl methyl sites for hydroxylation is 4. The highest BCUT2D eigenvalue weighted by Gasteiger charge is 2.15. The Kier molecular flexibility index (Phi) is 1.25. The van der Waals surface area contributed by atoms with Crippen molar-refractivity contribution in [2.75, 3.05) is 0 Å². The molecule has 1 nitrogen and oxygen atoms in total. The van der Waals surface area contributed by atoms with Crippen molar-refractivity contribution in [2.45, 2.75) is 27.5 Å². The van der Waals surface area contributed by atoms with Crippen LogP contribution in [-0.2, 0) is 7.05 Å². The Morgan fingerprint density at radius 3 is 2.53 bits per heavy atom. The largest absolute Gasteiger partial charge is 0.212 e. The van der Waals surface area contributed by atoms with Gasteiger partial charge < -0.3 is 0 Å². The van der Waals surface area contributed by atoms with E-state index < -0.39 is 20.6 Å². The minimum absolute atomic E-state index is 0.101. The van der Waals surface area contributed by atoms with Crippen LogP contribution in [0.25, 0.3) is 11.3 Å². The Labute approximate surface area is 116 Å². The maximum atomic E-state index is 7.71. The first-order valence-corrected chi connectivity index (χ1v) is 5.29. The standard InChI is InChI=1S/C16H20N/c1-11-6-7-13(3)15(9-11)16-10-12(2)8-14(4)17(16)5/h6-10H,1-5H3/q+1/i1D3,2D3,4D3. The Morgan fingerprint density at radius 2 is 1.82 bits per heavy atom. The Bertz CT molecular complexity index is 829. The van der Waals surface area contributed by atoms with E-state index in [1.54, 1.807) is 13.0 Å². The zero-order valence-corrected chi connectivity index (χ0v) is 9.83. The lowest BCUT2D eigenvalue weighted by Gasteiger charge is -2.08. The first-order chi connectivity index (χ1) is 11.6. The first-order valence-electron chi connectivity index (χ1n) is 9.79. The van der Waals surface area contributed by atoms with Crippen LogP contribution in [0.3, 0.4) is 0 Å². The SMILES string of the molecule is [2H]C([2H])([2H])c1ccc(C)c(-c2cc(C([2H])([2H])[2H])cc(C([2H])([2H])[2H])[n+]2C)c1. The Morgan fingerprint density at radius 1 is 1.00 bits per heavy atom. The van der Waals surface area contributed by atoms with Gasteiger partial charge >= 0.3 is 0 Å². The second-order valence-electron chi connectivity index (χ2n) is 4.10. The van der Waals surface area contributed by atoms with Gasteiger partial charge in [0, 0.05) is 36.9 Å². The van der Waals surface area contributed by atoms with Crippen LogP contribution in [0, 0.1) is 27.5 Å². The van der Waals surface area contributed by atoms with Crippen LogP contribution < -0.4 is 4.57 Å². The Balaban J connectivity index is 2.86. The lowest BCUT2D eigenvalue weighted by molar-refractivity contribution is -0.666. The monoisotopic (exact) mass is 235 g/mol. The zero-order valence-electron chi connectivity index (χ0n) is 18.8. The molecule has 0 aliphatic heterocycles. The van der Waals surface area contributed by atoms with Crippen LogP contribution >= 0.6 is 0 Å². The van der Waals surface area contributed by atoms with Gasteiger partial charge in [0.1, 0.15) is 7.05 Å². The summed E-state index contributed by atoms with van der Waals surface area (Å²) < 4.78 is 70.2. The quantitative estimate of drug-likeness (QED) is 0.667. The van der Waals surface area contributed by atoms with Crippen LogP contribution in [0.4, 0.5) is 0 Å². The molecule has 0 amide bonds. The van der Waals surface area contributed by atoms with Gasteiger partial charge in [-0.1, -0.05) is 17.7 Å². The molecule has 0 atom stereocenters. The smallest absolute Gasteiger partial charge is 0.199 e. The highest BCUT2D eigenvalue weighted by Crippen LogP contribution is 2.22. The van der Waals surface area contributed by atoms with Gasteiger partial charge in [-0.05, 0) is 37.8 Å². The van der Waals surface area contributed by atoms with Crippen molar-refractivity contribution in [1.82, 2.24) is 0 Å². The summed E-state index contributed by atoms with van der Waals surface area (Å²) in [6, 6.07) is 7.14. The lowest BCUT2D eigenvalue weighted by Crippen LogP contribution is -2.35. The third kappa shape index (κ3) is 2.23. The zero-order chi connectivity index (χ0) is 20.1. The molecule has 88 valence electrons. The van der Waals surface area contributed by atoms with Gasteiger partial charge in [-0.3, -0.25) is 0 Å². The molecule has 2 aromatic rings. The maximum Gasteiger partial charge on any atom is 0.212 e. The number of benzene rings is 1. The molecule has 0 N–H and O–H groups in total. The van der Waals surface area contributed by atoms with Gasteiger partial charge in [0.25, 0.3) is 0 Å². The number of nitrogens with zero attached hydrogens (tertiary/aromatic N) is 1. The second-order valence-corrected chi connectivity index (χ2v) is 4.10. The van der Waals surface area contributed by atoms with Crippen molar-refractivity contribution in [3.8, 4) is 11.3 Å². The molecule has 0 unspecified atom stereocenters. The van der Waals surface area contributed by atoms with Crippen molar-refractivity contribution in [1.29, 1.82) is 0 Å². The van der Waals surface area contributed by atoms with Crippen molar-refractivity contribution in [3.63, 3.8) is 0 Å². The van der Waals surface area contributed by atoms with Crippen LogP contribution in [-0.4, -0.2) is 0 Å². The summed E-state index contributed by atoms with van der Waals surface area (Å²) in [5, 5.41) is 0. The predicted octanol–water partition coefficient (Wildman–Crippen LogP) is 3.41. The molecule has 0 aliphatic carbocycles. The highest BCUT2D eigenvalue weighted by atomic mass is 14.9. The third-order valence-corrected chi connectivity index (χ3v) is 2.82. The molecule has 0 aliphatic rings. The van der Waals surface area contributed by atoms with E-state index in [4.69, 9.17) is 12.3 Å². The number of hydrogen-bond acceptors (Lipinski definition) is 0. The third-order valence-electron chi connectivity index (χ3n) is 2.82. The van der Waals surface area contributed by atoms with Crippen LogP contribution in [0.5, 0.6) is 0 Å². The van der Waals surface area contributed by atoms with Crippen molar-refractivity contribution in [2.24, 2.45) is 7.05 Å². The summed E-state index contributed by atoms with van der Waals surface area (Å²) in [5.74, 6) is 0. The van der Waals surface area contributed by atoms with Gasteiger partial charge in [0.15, 0.2) is 5.69 Å². The number of hydrogen-bond donors (Lipinski definition) is 0. The van der Waals surface area contributed by atoms with Gasteiger partial charge in [0.05, 0.1) is 0 Å². The van der Waals surface area contributed by atoms with Crippen molar-refractivity contribution in [3.05, 3.63) is 52.7 Å². The predicted molar refractivity (Wildman–Crippen MR) is 72.0 cm³/mol. The average molecular weight is 235 g/mol. The molecular formula is C16H20N+. The molecule has 0 saturated heterocycles. The molecule has 1 aromatic carbocycles. The fourth-order valence-corrected chi connectivity index (χ4v) is 1.82. The van der Waals surface area contributed by atoms with Gasteiger partial charge in [-0.25, -0.2) is 0 Å². The fourth-order valence-electron chi connectivity index (χ4n) is 1.82. The molecule has 0 fully saturated rings. The van der Waals surface area contributed by atoms with Crippen molar-refractivity contribution >= 4 is 0 Å². The fraction of sp³-hybridized carbons (Fsp3) is 0.312. The van der Waals surface area contributed by atoms with E-state index in [1.807, 2.05) is 0 Å². The van der Waals surface area contributed by atoms with E-state index >= 15 is 0 Å². The number of pyridine rings is 1. The molecule has 1 heteroatoms. The second kappa shape index (κ2) is 4.33. The summed E-state index contributed by atoms with van der Waals surface area (Å²) in [6.45, 7) is -5.57. The van der Waals surface area contributed by atoms with Crippen molar-refractivity contribution < 1.29 is 16.9 Å². The molecule has 2 rings (SSSR count). The summed E-state index contributed by atoms with van der Waals surface area (Å²) in [6.07, 6.45) is 0. The lowest BCUT2D eigenvalue weighted by atomic mass is 10.0. The molecule has 17 heavy (non-hydrogen) atoms. The van der Waals surface area contributed by atoms with E-state index in [2.05, 4.69) is 0 Å². The van der Waals surface area contributed by atoms with Crippen LogP contribution in [0.15, 0.2) is 30.3 Å². The molecule has 0 radical (unpaired) electrons. The van der Waals surface area contributed by atoms with E-state index in [-0.39, 0.29) is 16.8 Å². The van der Waals surface area contributed by atoms with E-state index in [9.17, 15) is 0 Å². The van der Waals surface area contributed by atoms with Crippen LogP contribution in [0.1, 0.15) is 34.7 Å². The Hall–Kier alpha value is -1.63. The normalized spacial score (nSPS) is 20.7. The van der Waals surface area contributed by atoms with Gasteiger partial charge in [0.2, 0.25) is 5.69 Å². The summed E-state index contributed by atoms with van der Waals surface area (Å²) in [7, 11) is 1.53. The van der Waals surface area contributed by atoms with E-state index in [0.717, 1.165) is 6.07 Å². The van der Waals surface area contributed by atoms with E-state index in [0.29, 0.717) is 16.8 Å². The minimum atomic E-state index is -2.51. The topological polar surface area (TPSA) is 3.88 Å². The molecule has 1 aromatic heterocycles. The first kappa shape index (κ1) is 4.93. The minimum Gasteiger partial charge on any atom is -0.199 e. The molecule has 1 heterocycles. The van der Waals surface area contributed by atoms with Crippen LogP contribution in [0.2, 0.25) is 0 Å². The maximum absolute atomic E-state index is 7.71.